The van der Waals surface area contributed by atoms with Crippen molar-refractivity contribution in [3.8, 4) is 5.75 Å². The van der Waals surface area contributed by atoms with E-state index < -0.39 is 0 Å². The fourth-order valence-corrected chi connectivity index (χ4v) is 1.14. The Morgan fingerprint density at radius 3 is 2.80 bits per heavy atom. The summed E-state index contributed by atoms with van der Waals surface area (Å²) in [5.41, 5.74) is 0.714. The van der Waals surface area contributed by atoms with Crippen molar-refractivity contribution in [3.63, 3.8) is 0 Å². The number of benzene rings is 1. The summed E-state index contributed by atoms with van der Waals surface area (Å²) in [4.78, 5) is 21.2. The van der Waals surface area contributed by atoms with Crippen molar-refractivity contribution in [1.82, 2.24) is 0 Å². The number of carbonyl (C=O) groups excluding carboxylic acids is 2. The number of aldehydes is 1. The maximum atomic E-state index is 11.1. The van der Waals surface area contributed by atoms with Crippen LogP contribution in [0.25, 0.3) is 0 Å². The number of hydrogen-bond acceptors (Lipinski definition) is 4. The molecule has 1 aromatic carbocycles. The Morgan fingerprint density at radius 2 is 2.13 bits per heavy atom. The molecule has 4 nitrogen and oxygen atoms in total. The van der Waals surface area contributed by atoms with E-state index in [-0.39, 0.29) is 19.0 Å². The lowest BCUT2D eigenvalue weighted by Crippen LogP contribution is -2.07. The zero-order valence-electron chi connectivity index (χ0n) is 8.43. The van der Waals surface area contributed by atoms with Gasteiger partial charge < -0.3 is 9.47 Å². The normalized spacial score (nSPS) is 9.40. The van der Waals surface area contributed by atoms with Gasteiger partial charge in [0.15, 0.2) is 6.29 Å². The highest BCUT2D eigenvalue weighted by molar-refractivity contribution is 5.73. The fourth-order valence-electron chi connectivity index (χ4n) is 1.14. The molecule has 0 aliphatic carbocycles. The van der Waals surface area contributed by atoms with E-state index in [1.54, 1.807) is 24.3 Å². The standard InChI is InChI=1S/C11H12O4/c1-14-11(13)8-9-4-2-3-5-10(9)15-7-6-12/h2-6H,7-8H2,1H3. The molecule has 15 heavy (non-hydrogen) atoms. The highest BCUT2D eigenvalue weighted by Crippen LogP contribution is 2.18. The van der Waals surface area contributed by atoms with Crippen molar-refractivity contribution in [2.45, 2.75) is 6.42 Å². The largest absolute Gasteiger partial charge is 0.486 e. The molecule has 0 amide bonds. The van der Waals surface area contributed by atoms with E-state index in [0.717, 1.165) is 0 Å². The minimum Gasteiger partial charge on any atom is -0.486 e. The Hall–Kier alpha value is -1.84. The summed E-state index contributed by atoms with van der Waals surface area (Å²) in [7, 11) is 1.33. The van der Waals surface area contributed by atoms with Gasteiger partial charge in [0, 0.05) is 5.56 Å². The Bertz CT molecular complexity index is 346. The van der Waals surface area contributed by atoms with Crippen LogP contribution in [0.4, 0.5) is 0 Å². The molecule has 0 aliphatic rings. The van der Waals surface area contributed by atoms with Gasteiger partial charge >= 0.3 is 5.97 Å². The van der Waals surface area contributed by atoms with Crippen LogP contribution in [-0.2, 0) is 20.7 Å². The van der Waals surface area contributed by atoms with Crippen molar-refractivity contribution in [3.05, 3.63) is 29.8 Å². The Balaban J connectivity index is 2.76. The smallest absolute Gasteiger partial charge is 0.310 e. The van der Waals surface area contributed by atoms with Crippen LogP contribution in [0.3, 0.4) is 0 Å². The van der Waals surface area contributed by atoms with Gasteiger partial charge in [-0.15, -0.1) is 0 Å². The van der Waals surface area contributed by atoms with Crippen molar-refractivity contribution in [1.29, 1.82) is 0 Å². The average Bonchev–Trinajstić information content (AvgIpc) is 2.28. The SMILES string of the molecule is COC(=O)Cc1ccccc1OCC=O. The van der Waals surface area contributed by atoms with E-state index >= 15 is 0 Å². The van der Waals surface area contributed by atoms with Crippen LogP contribution in [0.5, 0.6) is 5.75 Å². The van der Waals surface area contributed by atoms with Crippen LogP contribution in [-0.4, -0.2) is 26.0 Å². The molecule has 0 aromatic heterocycles. The summed E-state index contributed by atoms with van der Waals surface area (Å²) in [5, 5.41) is 0. The molecular weight excluding hydrogens is 196 g/mol. The first kappa shape index (κ1) is 11.2. The number of para-hydroxylation sites is 1. The van der Waals surface area contributed by atoms with Gasteiger partial charge in [0.05, 0.1) is 13.5 Å². The van der Waals surface area contributed by atoms with E-state index in [1.165, 1.54) is 7.11 Å². The second kappa shape index (κ2) is 5.80. The molecule has 0 unspecified atom stereocenters. The zero-order valence-corrected chi connectivity index (χ0v) is 8.43. The summed E-state index contributed by atoms with van der Waals surface area (Å²) >= 11 is 0. The first-order valence-electron chi connectivity index (χ1n) is 4.49. The summed E-state index contributed by atoms with van der Waals surface area (Å²) in [6, 6.07) is 7.05. The van der Waals surface area contributed by atoms with Crippen molar-refractivity contribution >= 4 is 12.3 Å². The zero-order chi connectivity index (χ0) is 11.1. The summed E-state index contributed by atoms with van der Waals surface area (Å²) < 4.78 is 9.71. The first-order valence-corrected chi connectivity index (χ1v) is 4.49. The maximum absolute atomic E-state index is 11.1. The van der Waals surface area contributed by atoms with Crippen LogP contribution >= 0.6 is 0 Å². The van der Waals surface area contributed by atoms with Crippen LogP contribution < -0.4 is 4.74 Å². The third-order valence-electron chi connectivity index (χ3n) is 1.84. The molecule has 0 saturated carbocycles. The van der Waals surface area contributed by atoms with Gasteiger partial charge in [0.25, 0.3) is 0 Å². The molecule has 80 valence electrons. The van der Waals surface area contributed by atoms with Crippen LogP contribution in [0, 0.1) is 0 Å². The summed E-state index contributed by atoms with van der Waals surface area (Å²) in [6.07, 6.45) is 0.806. The molecule has 0 aliphatic heterocycles. The Morgan fingerprint density at radius 1 is 1.40 bits per heavy atom. The van der Waals surface area contributed by atoms with E-state index in [0.29, 0.717) is 17.6 Å². The minimum atomic E-state index is -0.336. The number of methoxy groups -OCH3 is 1. The maximum Gasteiger partial charge on any atom is 0.310 e. The van der Waals surface area contributed by atoms with E-state index in [4.69, 9.17) is 4.74 Å². The summed E-state index contributed by atoms with van der Waals surface area (Å²) in [6.45, 7) is -0.0157. The third kappa shape index (κ3) is 3.42. The third-order valence-corrected chi connectivity index (χ3v) is 1.84. The van der Waals surface area contributed by atoms with E-state index in [9.17, 15) is 9.59 Å². The van der Waals surface area contributed by atoms with Crippen molar-refractivity contribution in [2.24, 2.45) is 0 Å². The van der Waals surface area contributed by atoms with Crippen LogP contribution in [0.1, 0.15) is 5.56 Å². The topological polar surface area (TPSA) is 52.6 Å². The highest BCUT2D eigenvalue weighted by Gasteiger charge is 2.08. The van der Waals surface area contributed by atoms with Crippen molar-refractivity contribution in [2.75, 3.05) is 13.7 Å². The minimum absolute atomic E-state index is 0.0157. The number of rotatable bonds is 5. The molecule has 0 bridgehead atoms. The lowest BCUT2D eigenvalue weighted by Gasteiger charge is -2.07. The van der Waals surface area contributed by atoms with E-state index in [1.807, 2.05) is 0 Å². The summed E-state index contributed by atoms with van der Waals surface area (Å²) in [5.74, 6) is 0.201. The fraction of sp³-hybridized carbons (Fsp3) is 0.273. The quantitative estimate of drug-likeness (QED) is 0.534. The first-order chi connectivity index (χ1) is 7.27. The predicted molar refractivity (Wildman–Crippen MR) is 53.7 cm³/mol. The monoisotopic (exact) mass is 208 g/mol. The van der Waals surface area contributed by atoms with Gasteiger partial charge in [-0.1, -0.05) is 18.2 Å². The molecule has 0 spiro atoms. The molecule has 4 heteroatoms. The van der Waals surface area contributed by atoms with Gasteiger partial charge in [-0.3, -0.25) is 9.59 Å². The molecule has 0 saturated heterocycles. The molecule has 0 heterocycles. The Kier molecular flexibility index (Phi) is 4.34. The van der Waals surface area contributed by atoms with Gasteiger partial charge in [-0.2, -0.15) is 0 Å². The second-order valence-electron chi connectivity index (χ2n) is 2.84. The predicted octanol–water partition coefficient (Wildman–Crippen LogP) is 0.980. The number of ether oxygens (including phenoxy) is 2. The molecule has 1 rings (SSSR count). The van der Waals surface area contributed by atoms with E-state index in [2.05, 4.69) is 4.74 Å². The number of carbonyl (C=O) groups is 2. The molecule has 1 aromatic rings. The van der Waals surface area contributed by atoms with Gasteiger partial charge in [-0.05, 0) is 6.07 Å². The van der Waals surface area contributed by atoms with Crippen LogP contribution in [0.2, 0.25) is 0 Å². The molecule has 0 atom stereocenters. The Labute approximate surface area is 87.8 Å². The van der Waals surface area contributed by atoms with Gasteiger partial charge in [-0.25, -0.2) is 0 Å². The molecule has 0 N–H and O–H groups in total. The number of hydrogen-bond donors (Lipinski definition) is 0. The lowest BCUT2D eigenvalue weighted by atomic mass is 10.1. The van der Waals surface area contributed by atoms with Crippen molar-refractivity contribution < 1.29 is 19.1 Å². The molecule has 0 radical (unpaired) electrons. The lowest BCUT2D eigenvalue weighted by molar-refractivity contribution is -0.139. The number of esters is 1. The van der Waals surface area contributed by atoms with Gasteiger partial charge in [0.2, 0.25) is 0 Å². The average molecular weight is 208 g/mol. The van der Waals surface area contributed by atoms with Gasteiger partial charge in [0.1, 0.15) is 12.4 Å². The highest BCUT2D eigenvalue weighted by atomic mass is 16.5. The molecule has 0 fully saturated rings. The molecular formula is C11H12O4. The second-order valence-corrected chi connectivity index (χ2v) is 2.84. The van der Waals surface area contributed by atoms with Crippen LogP contribution in [0.15, 0.2) is 24.3 Å².